The Morgan fingerprint density at radius 3 is 2.22 bits per heavy atom. The van der Waals surface area contributed by atoms with Gasteiger partial charge in [-0.15, -0.1) is 0 Å². The molecule has 0 radical (unpaired) electrons. The minimum atomic E-state index is 0.147. The number of aryl methyl sites for hydroxylation is 2. The van der Waals surface area contributed by atoms with Gasteiger partial charge in [-0.05, 0) is 50.7 Å². The number of rotatable bonds is 13. The van der Waals surface area contributed by atoms with Gasteiger partial charge in [0, 0.05) is 24.2 Å². The van der Waals surface area contributed by atoms with E-state index >= 15 is 0 Å². The molecule has 0 amide bonds. The zero-order valence-corrected chi connectivity index (χ0v) is 17.4. The predicted octanol–water partition coefficient (Wildman–Crippen LogP) is 6.95. The minimum absolute atomic E-state index is 0.147. The fourth-order valence-electron chi connectivity index (χ4n) is 3.72. The molecule has 1 heterocycles. The molecule has 0 aliphatic carbocycles. The summed E-state index contributed by atoms with van der Waals surface area (Å²) in [6, 6.07) is 9.70. The van der Waals surface area contributed by atoms with Crippen molar-refractivity contribution in [1.29, 1.82) is 0 Å². The van der Waals surface area contributed by atoms with Crippen molar-refractivity contribution in [1.82, 2.24) is 4.57 Å². The minimum Gasteiger partial charge on any atom is -0.347 e. The highest BCUT2D eigenvalue weighted by molar-refractivity contribution is 5.79. The molecule has 0 unspecified atom stereocenters. The maximum Gasteiger partial charge on any atom is 0.189 e. The maximum atomic E-state index is 12.3. The summed E-state index contributed by atoms with van der Waals surface area (Å²) in [4.78, 5) is 12.3. The third-order valence-corrected chi connectivity index (χ3v) is 5.45. The van der Waals surface area contributed by atoms with Gasteiger partial charge in [-0.3, -0.25) is 4.79 Å². The third kappa shape index (κ3) is 7.36. The number of pyridine rings is 1. The first-order valence-corrected chi connectivity index (χ1v) is 11.0. The van der Waals surface area contributed by atoms with Gasteiger partial charge in [-0.2, -0.15) is 0 Å². The average molecular weight is 368 g/mol. The van der Waals surface area contributed by atoms with Crippen LogP contribution in [0.2, 0.25) is 0 Å². The van der Waals surface area contributed by atoms with Crippen molar-refractivity contribution in [3.05, 3.63) is 58.4 Å². The van der Waals surface area contributed by atoms with Crippen LogP contribution < -0.4 is 5.43 Å². The molecule has 0 spiro atoms. The summed E-state index contributed by atoms with van der Waals surface area (Å²) in [6.45, 7) is 2.27. The van der Waals surface area contributed by atoms with Gasteiger partial charge in [0.1, 0.15) is 0 Å². The molecular formula is C25H37NO. The average Bonchev–Trinajstić information content (AvgIpc) is 2.69. The van der Waals surface area contributed by atoms with Crippen molar-refractivity contribution in [2.75, 3.05) is 0 Å². The first-order valence-electron chi connectivity index (χ1n) is 11.0. The molecule has 0 aliphatic heterocycles. The van der Waals surface area contributed by atoms with E-state index in [2.05, 4.69) is 30.7 Å². The van der Waals surface area contributed by atoms with Gasteiger partial charge in [-0.25, -0.2) is 0 Å². The van der Waals surface area contributed by atoms with Crippen LogP contribution in [0, 0.1) is 0 Å². The lowest BCUT2D eigenvalue weighted by atomic mass is 10.1. The fraction of sp³-hybridized carbons (Fsp3) is 0.560. The Kier molecular flexibility index (Phi) is 9.97. The summed E-state index contributed by atoms with van der Waals surface area (Å²) in [6.07, 6.45) is 20.0. The predicted molar refractivity (Wildman–Crippen MR) is 118 cm³/mol. The van der Waals surface area contributed by atoms with Crippen molar-refractivity contribution in [3.8, 4) is 0 Å². The van der Waals surface area contributed by atoms with E-state index in [0.29, 0.717) is 0 Å². The number of hydrogen-bond acceptors (Lipinski definition) is 1. The van der Waals surface area contributed by atoms with Crippen molar-refractivity contribution in [3.63, 3.8) is 0 Å². The van der Waals surface area contributed by atoms with Gasteiger partial charge in [-0.1, -0.05) is 69.7 Å². The second kappa shape index (κ2) is 12.5. The quantitative estimate of drug-likeness (QED) is 0.277. The Morgan fingerprint density at radius 1 is 0.852 bits per heavy atom. The summed E-state index contributed by atoms with van der Waals surface area (Å²) in [7, 11) is 2.07. The summed E-state index contributed by atoms with van der Waals surface area (Å²) < 4.78 is 2.17. The van der Waals surface area contributed by atoms with Crippen LogP contribution in [0.4, 0.5) is 0 Å². The Bertz CT molecular complexity index is 756. The van der Waals surface area contributed by atoms with Crippen LogP contribution in [0.15, 0.2) is 47.3 Å². The second-order valence-corrected chi connectivity index (χ2v) is 7.70. The Labute approximate surface area is 165 Å². The molecule has 1 aromatic carbocycles. The number of nitrogens with zero attached hydrogens (tertiary/aromatic N) is 1. The molecule has 0 fully saturated rings. The molecule has 148 valence electrons. The maximum absolute atomic E-state index is 12.3. The smallest absolute Gasteiger partial charge is 0.189 e. The first-order chi connectivity index (χ1) is 13.2. The number of aromatic nitrogens is 1. The van der Waals surface area contributed by atoms with E-state index in [1.807, 2.05) is 30.3 Å². The van der Waals surface area contributed by atoms with Crippen LogP contribution in [0.5, 0.6) is 0 Å². The number of allylic oxidation sites excluding steroid dienone is 2. The normalized spacial score (nSPS) is 11.6. The van der Waals surface area contributed by atoms with Crippen LogP contribution in [0.1, 0.15) is 83.2 Å². The molecule has 0 bridgehead atoms. The number of para-hydroxylation sites is 1. The first kappa shape index (κ1) is 21.5. The van der Waals surface area contributed by atoms with E-state index in [-0.39, 0.29) is 5.43 Å². The highest BCUT2D eigenvalue weighted by Gasteiger charge is 2.05. The van der Waals surface area contributed by atoms with Crippen LogP contribution in [-0.2, 0) is 13.5 Å². The van der Waals surface area contributed by atoms with Crippen molar-refractivity contribution in [2.45, 2.75) is 84.0 Å². The second-order valence-electron chi connectivity index (χ2n) is 7.70. The molecule has 0 saturated heterocycles. The lowest BCUT2D eigenvalue weighted by molar-refractivity contribution is 0.592. The highest BCUT2D eigenvalue weighted by atomic mass is 16.1. The van der Waals surface area contributed by atoms with Gasteiger partial charge < -0.3 is 4.57 Å². The summed E-state index contributed by atoms with van der Waals surface area (Å²) >= 11 is 0. The molecule has 0 aliphatic rings. The standard InChI is InChI=1S/C25H37NO/c1-3-4-5-6-7-8-9-10-11-12-13-14-15-18-22-21-25(27)23-19-16-17-20-24(23)26(22)2/h11-12,16-17,19-21H,3-10,13-15,18H2,1-2H3/b12-11-. The zero-order chi connectivity index (χ0) is 19.3. The molecule has 0 N–H and O–H groups in total. The number of unbranched alkanes of at least 4 members (excludes halogenated alkanes) is 9. The van der Waals surface area contributed by atoms with Gasteiger partial charge in [0.2, 0.25) is 0 Å². The lowest BCUT2D eigenvalue weighted by Crippen LogP contribution is -2.11. The van der Waals surface area contributed by atoms with Crippen molar-refractivity contribution in [2.24, 2.45) is 7.05 Å². The SMILES string of the molecule is CCCCCCCCC/C=C\CCCCc1cc(=O)c2ccccc2n1C. The van der Waals surface area contributed by atoms with E-state index in [4.69, 9.17) is 0 Å². The van der Waals surface area contributed by atoms with Crippen LogP contribution in [0.3, 0.4) is 0 Å². The highest BCUT2D eigenvalue weighted by Crippen LogP contribution is 2.14. The summed E-state index contributed by atoms with van der Waals surface area (Å²) in [5, 5.41) is 0.817. The van der Waals surface area contributed by atoms with Crippen LogP contribution in [-0.4, -0.2) is 4.57 Å². The molecule has 2 rings (SSSR count). The third-order valence-electron chi connectivity index (χ3n) is 5.45. The monoisotopic (exact) mass is 367 g/mol. The molecule has 27 heavy (non-hydrogen) atoms. The van der Waals surface area contributed by atoms with Crippen LogP contribution >= 0.6 is 0 Å². The van der Waals surface area contributed by atoms with E-state index in [9.17, 15) is 4.79 Å². The van der Waals surface area contributed by atoms with Crippen molar-refractivity contribution >= 4 is 10.9 Å². The summed E-state index contributed by atoms with van der Waals surface area (Å²) in [5.74, 6) is 0. The zero-order valence-electron chi connectivity index (χ0n) is 17.4. The van der Waals surface area contributed by atoms with E-state index in [1.54, 1.807) is 0 Å². The summed E-state index contributed by atoms with van der Waals surface area (Å²) in [5.41, 5.74) is 2.33. The van der Waals surface area contributed by atoms with E-state index < -0.39 is 0 Å². The van der Waals surface area contributed by atoms with E-state index in [0.717, 1.165) is 35.9 Å². The molecule has 1 aromatic heterocycles. The molecule has 0 atom stereocenters. The molecular weight excluding hydrogens is 330 g/mol. The molecule has 2 nitrogen and oxygen atoms in total. The van der Waals surface area contributed by atoms with E-state index in [1.165, 1.54) is 57.8 Å². The molecule has 2 heteroatoms. The largest absolute Gasteiger partial charge is 0.347 e. The fourth-order valence-corrected chi connectivity index (χ4v) is 3.72. The topological polar surface area (TPSA) is 22.0 Å². The number of benzene rings is 1. The Hall–Kier alpha value is -1.83. The van der Waals surface area contributed by atoms with Gasteiger partial charge in [0.25, 0.3) is 0 Å². The van der Waals surface area contributed by atoms with Gasteiger partial charge in [0.15, 0.2) is 5.43 Å². The van der Waals surface area contributed by atoms with Gasteiger partial charge >= 0.3 is 0 Å². The Balaban J connectivity index is 1.61. The molecule has 2 aromatic rings. The molecule has 0 saturated carbocycles. The number of hydrogen-bond donors (Lipinski definition) is 0. The lowest BCUT2D eigenvalue weighted by Gasteiger charge is -2.12. The van der Waals surface area contributed by atoms with Gasteiger partial charge in [0.05, 0.1) is 5.52 Å². The number of fused-ring (bicyclic) bond motifs is 1. The Morgan fingerprint density at radius 2 is 1.48 bits per heavy atom. The van der Waals surface area contributed by atoms with Crippen molar-refractivity contribution < 1.29 is 0 Å². The van der Waals surface area contributed by atoms with Crippen LogP contribution in [0.25, 0.3) is 10.9 Å².